The highest BCUT2D eigenvalue weighted by Crippen LogP contribution is 2.03. The van der Waals surface area contributed by atoms with Crippen LogP contribution in [0.5, 0.6) is 0 Å². The van der Waals surface area contributed by atoms with Gasteiger partial charge >= 0.3 is 0 Å². The molecule has 2 heteroatoms. The molecule has 0 bridgehead atoms. The van der Waals surface area contributed by atoms with E-state index in [-0.39, 0.29) is 0 Å². The van der Waals surface area contributed by atoms with E-state index in [1.54, 1.807) is 0 Å². The van der Waals surface area contributed by atoms with Crippen LogP contribution in [0.3, 0.4) is 0 Å². The fourth-order valence-electron chi connectivity index (χ4n) is 1.24. The Labute approximate surface area is 96.1 Å². The lowest BCUT2D eigenvalue weighted by Gasteiger charge is -2.19. The quantitative estimate of drug-likeness (QED) is 0.538. The van der Waals surface area contributed by atoms with E-state index in [4.69, 9.17) is 0 Å². The molecule has 0 aromatic carbocycles. The Hall–Kier alpha value is -0.760. The van der Waals surface area contributed by atoms with Crippen LogP contribution in [0.2, 0.25) is 0 Å². The lowest BCUT2D eigenvalue weighted by Crippen LogP contribution is -2.21. The molecule has 90 valence electrons. The summed E-state index contributed by atoms with van der Waals surface area (Å²) >= 11 is 0. The predicted molar refractivity (Wildman–Crippen MR) is 71.1 cm³/mol. The van der Waals surface area contributed by atoms with E-state index in [2.05, 4.69) is 42.4 Å². The van der Waals surface area contributed by atoms with E-state index < -0.39 is 0 Å². The van der Waals surface area contributed by atoms with Gasteiger partial charge in [0.1, 0.15) is 0 Å². The van der Waals surface area contributed by atoms with Gasteiger partial charge in [0.25, 0.3) is 0 Å². The van der Waals surface area contributed by atoms with Crippen molar-refractivity contribution in [2.75, 3.05) is 27.2 Å². The van der Waals surface area contributed by atoms with Crippen molar-refractivity contribution >= 4 is 0 Å². The minimum atomic E-state index is 1.08. The highest BCUT2D eigenvalue weighted by atomic mass is 15.1. The lowest BCUT2D eigenvalue weighted by molar-refractivity contribution is 0.416. The zero-order valence-corrected chi connectivity index (χ0v) is 11.3. The molecule has 0 amide bonds. The molecule has 0 aliphatic rings. The zero-order chi connectivity index (χ0) is 12.1. The number of nitrogens with one attached hydrogen (secondary N) is 1. The molecule has 0 saturated heterocycles. The summed E-state index contributed by atoms with van der Waals surface area (Å²) in [4.78, 5) is 2.28. The highest BCUT2D eigenvalue weighted by Gasteiger charge is 1.98. The van der Waals surface area contributed by atoms with Gasteiger partial charge in [0.05, 0.1) is 0 Å². The van der Waals surface area contributed by atoms with Crippen LogP contribution in [0, 0.1) is 0 Å². The number of allylic oxidation sites excluding steroid dienone is 3. The van der Waals surface area contributed by atoms with Crippen LogP contribution >= 0.6 is 0 Å². The molecule has 0 aliphatic heterocycles. The molecule has 0 rings (SSSR count). The van der Waals surface area contributed by atoms with Crippen LogP contribution in [-0.4, -0.2) is 32.1 Å². The summed E-state index contributed by atoms with van der Waals surface area (Å²) in [6.07, 6.45) is 7.53. The van der Waals surface area contributed by atoms with Crippen LogP contribution in [0.25, 0.3) is 0 Å². The van der Waals surface area contributed by atoms with E-state index in [9.17, 15) is 0 Å². The average molecular weight is 212 g/mol. The number of hydrogen-bond donors (Lipinski definition) is 1. The van der Waals surface area contributed by atoms with Gasteiger partial charge in [-0.15, -0.1) is 0 Å². The maximum Gasteiger partial charge on any atom is 0.0316 e. The van der Waals surface area contributed by atoms with Gasteiger partial charge < -0.3 is 10.2 Å². The maximum atomic E-state index is 3.15. The van der Waals surface area contributed by atoms with Crippen molar-refractivity contribution in [1.82, 2.24) is 10.2 Å². The van der Waals surface area contributed by atoms with Crippen LogP contribution in [-0.2, 0) is 0 Å². The SMILES string of the molecule is C/C=C\C(=C/C)N(C)CCCNC.CC. The Morgan fingerprint density at radius 1 is 1.27 bits per heavy atom. The minimum Gasteiger partial charge on any atom is -0.375 e. The van der Waals surface area contributed by atoms with Gasteiger partial charge in [0, 0.05) is 19.3 Å². The largest absolute Gasteiger partial charge is 0.375 e. The second-order valence-electron chi connectivity index (χ2n) is 3.09. The first-order chi connectivity index (χ1) is 7.26. The van der Waals surface area contributed by atoms with Crippen molar-refractivity contribution in [2.45, 2.75) is 34.1 Å². The molecule has 0 spiro atoms. The molecule has 2 nitrogen and oxygen atoms in total. The molecule has 0 heterocycles. The first-order valence-electron chi connectivity index (χ1n) is 5.91. The average Bonchev–Trinajstić information content (AvgIpc) is 2.28. The van der Waals surface area contributed by atoms with Crippen LogP contribution in [0.4, 0.5) is 0 Å². The zero-order valence-electron chi connectivity index (χ0n) is 11.3. The van der Waals surface area contributed by atoms with Gasteiger partial charge in [-0.1, -0.05) is 26.0 Å². The molecular formula is C13H28N2. The first-order valence-corrected chi connectivity index (χ1v) is 5.91. The van der Waals surface area contributed by atoms with E-state index in [0.29, 0.717) is 0 Å². The molecule has 0 radical (unpaired) electrons. The molecule has 0 aliphatic carbocycles. The van der Waals surface area contributed by atoms with Crippen molar-refractivity contribution in [3.8, 4) is 0 Å². The first kappa shape index (κ1) is 16.7. The number of hydrogen-bond acceptors (Lipinski definition) is 2. The molecule has 0 unspecified atom stereocenters. The summed E-state index contributed by atoms with van der Waals surface area (Å²) in [6.45, 7) is 10.3. The van der Waals surface area contributed by atoms with Crippen LogP contribution in [0.15, 0.2) is 23.9 Å². The Kier molecular flexibility index (Phi) is 14.7. The van der Waals surface area contributed by atoms with Gasteiger partial charge in [-0.25, -0.2) is 0 Å². The normalized spacial score (nSPS) is 11.2. The van der Waals surface area contributed by atoms with Crippen molar-refractivity contribution in [2.24, 2.45) is 0 Å². The summed E-state index contributed by atoms with van der Waals surface area (Å²) in [5.41, 5.74) is 1.29. The van der Waals surface area contributed by atoms with Crippen LogP contribution in [0.1, 0.15) is 34.1 Å². The summed E-state index contributed by atoms with van der Waals surface area (Å²) in [5.74, 6) is 0. The lowest BCUT2D eigenvalue weighted by atomic mass is 10.3. The third kappa shape index (κ3) is 9.54. The Balaban J connectivity index is 0. The van der Waals surface area contributed by atoms with E-state index in [0.717, 1.165) is 13.1 Å². The summed E-state index contributed by atoms with van der Waals surface area (Å²) in [5, 5.41) is 3.15. The summed E-state index contributed by atoms with van der Waals surface area (Å²) in [7, 11) is 4.12. The number of rotatable bonds is 6. The summed E-state index contributed by atoms with van der Waals surface area (Å²) in [6, 6.07) is 0. The third-order valence-electron chi connectivity index (χ3n) is 1.99. The van der Waals surface area contributed by atoms with Crippen molar-refractivity contribution in [3.63, 3.8) is 0 Å². The molecule has 0 aromatic heterocycles. The van der Waals surface area contributed by atoms with E-state index in [1.165, 1.54) is 12.1 Å². The van der Waals surface area contributed by atoms with Gasteiger partial charge in [-0.05, 0) is 39.9 Å². The molecule has 0 fully saturated rings. The predicted octanol–water partition coefficient (Wildman–Crippen LogP) is 3.03. The fraction of sp³-hybridized carbons (Fsp3) is 0.692. The second kappa shape index (κ2) is 13.2. The minimum absolute atomic E-state index is 1.08. The molecular weight excluding hydrogens is 184 g/mol. The monoisotopic (exact) mass is 212 g/mol. The fourth-order valence-corrected chi connectivity index (χ4v) is 1.24. The Morgan fingerprint density at radius 2 is 1.87 bits per heavy atom. The Morgan fingerprint density at radius 3 is 2.27 bits per heavy atom. The molecule has 0 atom stereocenters. The number of nitrogens with zero attached hydrogens (tertiary/aromatic N) is 1. The van der Waals surface area contributed by atoms with Crippen molar-refractivity contribution in [1.29, 1.82) is 0 Å². The van der Waals surface area contributed by atoms with Gasteiger partial charge in [0.2, 0.25) is 0 Å². The molecule has 15 heavy (non-hydrogen) atoms. The van der Waals surface area contributed by atoms with E-state index in [1.807, 2.05) is 27.8 Å². The summed E-state index contributed by atoms with van der Waals surface area (Å²) < 4.78 is 0. The third-order valence-corrected chi connectivity index (χ3v) is 1.99. The molecule has 0 aromatic rings. The standard InChI is InChI=1S/C11H22N2.C2H6/c1-5-8-11(6-2)13(4)10-7-9-12-3;1-2/h5-6,8,12H,7,9-10H2,1-4H3;1-2H3/b8-5-,11-6+;. The Bertz CT molecular complexity index is 171. The van der Waals surface area contributed by atoms with Gasteiger partial charge in [-0.3, -0.25) is 0 Å². The molecule has 0 saturated carbocycles. The maximum absolute atomic E-state index is 3.15. The van der Waals surface area contributed by atoms with Gasteiger partial charge in [0.15, 0.2) is 0 Å². The number of likely N-dealkylation sites (N-methyl/N-ethyl adjacent to an activating group) is 1. The highest BCUT2D eigenvalue weighted by molar-refractivity contribution is 5.15. The van der Waals surface area contributed by atoms with Crippen molar-refractivity contribution in [3.05, 3.63) is 23.9 Å². The van der Waals surface area contributed by atoms with Crippen molar-refractivity contribution < 1.29 is 0 Å². The molecule has 1 N–H and O–H groups in total. The van der Waals surface area contributed by atoms with Gasteiger partial charge in [-0.2, -0.15) is 0 Å². The van der Waals surface area contributed by atoms with E-state index >= 15 is 0 Å². The second-order valence-corrected chi connectivity index (χ2v) is 3.09. The van der Waals surface area contributed by atoms with Crippen LogP contribution < -0.4 is 5.32 Å². The smallest absolute Gasteiger partial charge is 0.0316 e. The topological polar surface area (TPSA) is 15.3 Å².